The van der Waals surface area contributed by atoms with E-state index in [9.17, 15) is 4.79 Å². The third kappa shape index (κ3) is 4.28. The summed E-state index contributed by atoms with van der Waals surface area (Å²) >= 11 is 11.9. The number of anilines is 2. The van der Waals surface area contributed by atoms with Crippen molar-refractivity contribution in [3.63, 3.8) is 0 Å². The molecule has 0 spiro atoms. The largest absolute Gasteiger partial charge is 0.369 e. The van der Waals surface area contributed by atoms with Crippen LogP contribution in [0.2, 0.25) is 10.0 Å². The molecule has 0 aliphatic carbocycles. The number of nitrogens with two attached hydrogens (primary N) is 1. The van der Waals surface area contributed by atoms with Crippen LogP contribution in [-0.4, -0.2) is 24.0 Å². The standard InChI is InChI=1S/C10H14Cl2N4O/c1-2-3-14-9-6(11)4-7(12)10(16-9)15-5-8(13)17/h4H,2-3,5H2,1H3,(H2,13,17)(H2,14,15,16). The molecule has 0 saturated heterocycles. The number of hydrogen-bond donors (Lipinski definition) is 3. The molecule has 17 heavy (non-hydrogen) atoms. The second-order valence-corrected chi connectivity index (χ2v) is 4.21. The molecule has 0 aliphatic rings. The van der Waals surface area contributed by atoms with E-state index < -0.39 is 5.91 Å². The summed E-state index contributed by atoms with van der Waals surface area (Å²) in [4.78, 5) is 14.8. The fourth-order valence-electron chi connectivity index (χ4n) is 1.13. The first-order valence-electron chi connectivity index (χ1n) is 5.16. The van der Waals surface area contributed by atoms with Gasteiger partial charge in [0.15, 0.2) is 0 Å². The number of amides is 1. The van der Waals surface area contributed by atoms with Crippen LogP contribution in [0.5, 0.6) is 0 Å². The predicted molar refractivity (Wildman–Crippen MR) is 70.7 cm³/mol. The van der Waals surface area contributed by atoms with Crippen molar-refractivity contribution in [2.24, 2.45) is 5.73 Å². The smallest absolute Gasteiger partial charge is 0.236 e. The number of primary amides is 1. The molecule has 0 aromatic carbocycles. The highest BCUT2D eigenvalue weighted by molar-refractivity contribution is 6.37. The summed E-state index contributed by atoms with van der Waals surface area (Å²) in [5, 5.41) is 6.58. The molecule has 1 rings (SSSR count). The molecule has 0 atom stereocenters. The number of carbonyl (C=O) groups excluding carboxylic acids is 1. The van der Waals surface area contributed by atoms with E-state index in [0.717, 1.165) is 13.0 Å². The second-order valence-electron chi connectivity index (χ2n) is 3.40. The molecule has 0 saturated carbocycles. The molecule has 7 heteroatoms. The number of halogens is 2. The highest BCUT2D eigenvalue weighted by Crippen LogP contribution is 2.28. The molecule has 0 bridgehead atoms. The van der Waals surface area contributed by atoms with E-state index in [1.54, 1.807) is 6.07 Å². The van der Waals surface area contributed by atoms with Crippen molar-refractivity contribution >= 4 is 40.7 Å². The number of aromatic nitrogens is 1. The fourth-order valence-corrected chi connectivity index (χ4v) is 1.62. The minimum Gasteiger partial charge on any atom is -0.369 e. The van der Waals surface area contributed by atoms with Crippen LogP contribution in [0.4, 0.5) is 11.6 Å². The third-order valence-corrected chi connectivity index (χ3v) is 2.48. The first-order valence-corrected chi connectivity index (χ1v) is 5.92. The Hall–Kier alpha value is -1.20. The van der Waals surface area contributed by atoms with Crippen molar-refractivity contribution in [3.8, 4) is 0 Å². The van der Waals surface area contributed by atoms with Gasteiger partial charge in [-0.25, -0.2) is 4.98 Å². The maximum Gasteiger partial charge on any atom is 0.236 e. The monoisotopic (exact) mass is 276 g/mol. The maximum atomic E-state index is 10.7. The van der Waals surface area contributed by atoms with E-state index in [-0.39, 0.29) is 6.54 Å². The van der Waals surface area contributed by atoms with Gasteiger partial charge in [0, 0.05) is 6.54 Å². The molecular formula is C10H14Cl2N4O. The van der Waals surface area contributed by atoms with Crippen LogP contribution in [-0.2, 0) is 4.79 Å². The highest BCUT2D eigenvalue weighted by atomic mass is 35.5. The third-order valence-electron chi connectivity index (χ3n) is 1.90. The van der Waals surface area contributed by atoms with Crippen molar-refractivity contribution in [3.05, 3.63) is 16.1 Å². The zero-order valence-corrected chi connectivity index (χ0v) is 10.9. The summed E-state index contributed by atoms with van der Waals surface area (Å²) in [6, 6.07) is 1.57. The van der Waals surface area contributed by atoms with E-state index >= 15 is 0 Å². The molecule has 94 valence electrons. The Morgan fingerprint density at radius 1 is 1.35 bits per heavy atom. The summed E-state index contributed by atoms with van der Waals surface area (Å²) in [6.45, 7) is 2.76. The lowest BCUT2D eigenvalue weighted by atomic mass is 10.4. The Balaban J connectivity index is 2.85. The molecule has 5 nitrogen and oxygen atoms in total. The predicted octanol–water partition coefficient (Wildman–Crippen LogP) is 2.11. The summed E-state index contributed by atoms with van der Waals surface area (Å²) in [5.41, 5.74) is 5.02. The molecule has 0 unspecified atom stereocenters. The number of rotatable bonds is 6. The van der Waals surface area contributed by atoms with Gasteiger partial charge in [-0.3, -0.25) is 4.79 Å². The van der Waals surface area contributed by atoms with Gasteiger partial charge < -0.3 is 16.4 Å². The van der Waals surface area contributed by atoms with Gasteiger partial charge in [0.05, 0.1) is 16.6 Å². The number of hydrogen-bond acceptors (Lipinski definition) is 4. The van der Waals surface area contributed by atoms with Crippen molar-refractivity contribution in [1.29, 1.82) is 0 Å². The molecule has 1 aromatic rings. The Morgan fingerprint density at radius 2 is 1.94 bits per heavy atom. The van der Waals surface area contributed by atoms with Crippen molar-refractivity contribution < 1.29 is 4.79 Å². The number of carbonyl (C=O) groups is 1. The van der Waals surface area contributed by atoms with Crippen LogP contribution in [0, 0.1) is 0 Å². The number of pyridine rings is 1. The zero-order chi connectivity index (χ0) is 12.8. The summed E-state index contributed by atoms with van der Waals surface area (Å²) in [6.07, 6.45) is 0.949. The normalized spacial score (nSPS) is 10.1. The quantitative estimate of drug-likeness (QED) is 0.744. The van der Waals surface area contributed by atoms with Crippen LogP contribution in [0.25, 0.3) is 0 Å². The molecule has 0 fully saturated rings. The van der Waals surface area contributed by atoms with Crippen LogP contribution in [0.3, 0.4) is 0 Å². The maximum absolute atomic E-state index is 10.7. The molecule has 1 aromatic heterocycles. The van der Waals surface area contributed by atoms with E-state index in [1.165, 1.54) is 0 Å². The van der Waals surface area contributed by atoms with Crippen molar-refractivity contribution in [2.75, 3.05) is 23.7 Å². The van der Waals surface area contributed by atoms with E-state index in [4.69, 9.17) is 28.9 Å². The minimum atomic E-state index is -0.485. The van der Waals surface area contributed by atoms with Gasteiger partial charge in [-0.05, 0) is 12.5 Å². The molecular weight excluding hydrogens is 263 g/mol. The SMILES string of the molecule is CCCNc1nc(NCC(N)=O)c(Cl)cc1Cl. The van der Waals surface area contributed by atoms with E-state index in [1.807, 2.05) is 6.92 Å². The van der Waals surface area contributed by atoms with Gasteiger partial charge in [-0.15, -0.1) is 0 Å². The average molecular weight is 277 g/mol. The number of nitrogens with one attached hydrogen (secondary N) is 2. The Bertz CT molecular complexity index is 412. The minimum absolute atomic E-state index is 0.0262. The lowest BCUT2D eigenvalue weighted by molar-refractivity contribution is -0.116. The van der Waals surface area contributed by atoms with Crippen LogP contribution in [0.1, 0.15) is 13.3 Å². The highest BCUT2D eigenvalue weighted by Gasteiger charge is 2.09. The molecule has 1 heterocycles. The Morgan fingerprint density at radius 3 is 2.47 bits per heavy atom. The molecule has 0 aliphatic heterocycles. The van der Waals surface area contributed by atoms with Gasteiger partial charge in [-0.2, -0.15) is 0 Å². The zero-order valence-electron chi connectivity index (χ0n) is 9.39. The number of nitrogens with zero attached hydrogens (tertiary/aromatic N) is 1. The lowest BCUT2D eigenvalue weighted by Gasteiger charge is -2.11. The van der Waals surface area contributed by atoms with Gasteiger partial charge in [0.2, 0.25) is 5.91 Å². The van der Waals surface area contributed by atoms with Crippen LogP contribution >= 0.6 is 23.2 Å². The van der Waals surface area contributed by atoms with Gasteiger partial charge in [0.25, 0.3) is 0 Å². The first-order chi connectivity index (χ1) is 8.04. The van der Waals surface area contributed by atoms with E-state index in [0.29, 0.717) is 21.7 Å². The summed E-state index contributed by atoms with van der Waals surface area (Å²) < 4.78 is 0. The summed E-state index contributed by atoms with van der Waals surface area (Å²) in [7, 11) is 0. The van der Waals surface area contributed by atoms with Crippen LogP contribution in [0.15, 0.2) is 6.07 Å². The van der Waals surface area contributed by atoms with Crippen LogP contribution < -0.4 is 16.4 Å². The van der Waals surface area contributed by atoms with Crippen molar-refractivity contribution in [2.45, 2.75) is 13.3 Å². The Kier molecular flexibility index (Phi) is 5.31. The first kappa shape index (κ1) is 13.9. The summed E-state index contributed by atoms with van der Waals surface area (Å²) in [5.74, 6) is 0.430. The van der Waals surface area contributed by atoms with E-state index in [2.05, 4.69) is 15.6 Å². The van der Waals surface area contributed by atoms with Crippen molar-refractivity contribution in [1.82, 2.24) is 4.98 Å². The molecule has 0 radical (unpaired) electrons. The topological polar surface area (TPSA) is 80.0 Å². The van der Waals surface area contributed by atoms with Gasteiger partial charge in [0.1, 0.15) is 11.6 Å². The fraction of sp³-hybridized carbons (Fsp3) is 0.400. The average Bonchev–Trinajstić information content (AvgIpc) is 2.26. The molecule has 4 N–H and O–H groups in total. The van der Waals surface area contributed by atoms with Gasteiger partial charge in [-0.1, -0.05) is 30.1 Å². The Labute approximate surface area is 110 Å². The lowest BCUT2D eigenvalue weighted by Crippen LogP contribution is -2.22. The molecule has 1 amide bonds. The van der Waals surface area contributed by atoms with Gasteiger partial charge >= 0.3 is 0 Å². The second kappa shape index (κ2) is 6.51.